The van der Waals surface area contributed by atoms with Gasteiger partial charge in [-0.2, -0.15) is 9.40 Å². The van der Waals surface area contributed by atoms with E-state index in [1.165, 1.54) is 0 Å². The first-order chi connectivity index (χ1) is 14.6. The number of fused-ring (bicyclic) bond motifs is 1. The zero-order chi connectivity index (χ0) is 22.4. The molecule has 0 aliphatic carbocycles. The van der Waals surface area contributed by atoms with Crippen LogP contribution in [0.1, 0.15) is 37.6 Å². The van der Waals surface area contributed by atoms with Gasteiger partial charge in [0.1, 0.15) is 0 Å². The van der Waals surface area contributed by atoms with Crippen LogP contribution in [0, 0.1) is 6.92 Å². The summed E-state index contributed by atoms with van der Waals surface area (Å²) in [5.41, 5.74) is 4.11. The third kappa shape index (κ3) is 4.37. The first-order valence-electron chi connectivity index (χ1n) is 10.7. The third-order valence-corrected chi connectivity index (χ3v) is 7.93. The largest absolute Gasteiger partial charge is 0.296 e. The van der Waals surface area contributed by atoms with Crippen LogP contribution < -0.4 is 0 Å². The number of benzene rings is 1. The van der Waals surface area contributed by atoms with Crippen LogP contribution in [-0.2, 0) is 29.0 Å². The second kappa shape index (κ2) is 8.00. The van der Waals surface area contributed by atoms with Crippen molar-refractivity contribution in [3.05, 3.63) is 53.3 Å². The van der Waals surface area contributed by atoms with Crippen molar-refractivity contribution in [2.75, 3.05) is 26.2 Å². The molecule has 166 valence electrons. The number of sulfonamides is 1. The van der Waals surface area contributed by atoms with Gasteiger partial charge in [-0.25, -0.2) is 13.4 Å². The summed E-state index contributed by atoms with van der Waals surface area (Å²) in [7, 11) is -1.57. The van der Waals surface area contributed by atoms with Gasteiger partial charge < -0.3 is 0 Å². The van der Waals surface area contributed by atoms with Crippen LogP contribution in [0.2, 0.25) is 0 Å². The summed E-state index contributed by atoms with van der Waals surface area (Å²) < 4.78 is 29.6. The van der Waals surface area contributed by atoms with Crippen molar-refractivity contribution in [1.29, 1.82) is 0 Å². The van der Waals surface area contributed by atoms with E-state index in [1.807, 2.05) is 32.3 Å². The van der Waals surface area contributed by atoms with Gasteiger partial charge in [0.05, 0.1) is 10.6 Å². The maximum absolute atomic E-state index is 13.1. The molecular weight excluding hydrogens is 410 g/mol. The van der Waals surface area contributed by atoms with Crippen molar-refractivity contribution in [1.82, 2.24) is 24.0 Å². The summed E-state index contributed by atoms with van der Waals surface area (Å²) >= 11 is 0. The number of aryl methyl sites for hydroxylation is 2. The lowest BCUT2D eigenvalue weighted by Gasteiger charge is -2.34. The fraction of sp³-hybridized carbons (Fsp3) is 0.478. The fourth-order valence-corrected chi connectivity index (χ4v) is 5.52. The Morgan fingerprint density at radius 2 is 1.68 bits per heavy atom. The van der Waals surface area contributed by atoms with E-state index in [1.54, 1.807) is 21.1 Å². The minimum atomic E-state index is -3.47. The lowest BCUT2D eigenvalue weighted by molar-refractivity contribution is 0.181. The molecule has 0 spiro atoms. The van der Waals surface area contributed by atoms with E-state index in [0.29, 0.717) is 31.1 Å². The van der Waals surface area contributed by atoms with Gasteiger partial charge in [0, 0.05) is 51.4 Å². The first-order valence-corrected chi connectivity index (χ1v) is 12.1. The second-order valence-corrected chi connectivity index (χ2v) is 11.3. The molecule has 1 saturated heterocycles. The van der Waals surface area contributed by atoms with Crippen LogP contribution in [0.4, 0.5) is 0 Å². The lowest BCUT2D eigenvalue weighted by atomic mass is 9.87. The lowest BCUT2D eigenvalue weighted by Crippen LogP contribution is -2.48. The molecule has 0 saturated carbocycles. The number of aromatic nitrogens is 3. The molecule has 1 aliphatic heterocycles. The van der Waals surface area contributed by atoms with E-state index in [0.717, 1.165) is 34.4 Å². The van der Waals surface area contributed by atoms with Crippen LogP contribution in [0.15, 0.2) is 41.4 Å². The Labute approximate surface area is 184 Å². The molecule has 7 nitrogen and oxygen atoms in total. The van der Waals surface area contributed by atoms with Gasteiger partial charge in [-0.05, 0) is 41.7 Å². The van der Waals surface area contributed by atoms with E-state index in [9.17, 15) is 8.42 Å². The number of rotatable bonds is 4. The van der Waals surface area contributed by atoms with Gasteiger partial charge in [0.2, 0.25) is 10.0 Å². The number of nitrogens with zero attached hydrogens (tertiary/aromatic N) is 5. The van der Waals surface area contributed by atoms with E-state index >= 15 is 0 Å². The highest BCUT2D eigenvalue weighted by Gasteiger charge is 2.29. The van der Waals surface area contributed by atoms with Crippen molar-refractivity contribution in [2.45, 2.75) is 44.6 Å². The standard InChI is InChI=1S/C23H31N5O2S/c1-17-21-14-18(15-24-22(21)26(5)25-17)16-27-10-12-28(13-11-27)31(29,30)20-8-6-19(7-9-20)23(2,3)4/h6-9,14-15H,10-13,16H2,1-5H3. The highest BCUT2D eigenvalue weighted by molar-refractivity contribution is 7.89. The molecule has 0 amide bonds. The maximum atomic E-state index is 13.1. The Kier molecular flexibility index (Phi) is 5.66. The summed E-state index contributed by atoms with van der Waals surface area (Å²) in [6.45, 7) is 11.5. The molecule has 0 radical (unpaired) electrons. The molecule has 0 bridgehead atoms. The van der Waals surface area contributed by atoms with Gasteiger partial charge in [0.15, 0.2) is 5.65 Å². The van der Waals surface area contributed by atoms with Gasteiger partial charge in [-0.3, -0.25) is 9.58 Å². The van der Waals surface area contributed by atoms with Crippen molar-refractivity contribution in [3.8, 4) is 0 Å². The van der Waals surface area contributed by atoms with E-state index in [4.69, 9.17) is 0 Å². The summed E-state index contributed by atoms with van der Waals surface area (Å²) in [5.74, 6) is 0. The molecular formula is C23H31N5O2S. The van der Waals surface area contributed by atoms with Gasteiger partial charge >= 0.3 is 0 Å². The quantitative estimate of drug-likeness (QED) is 0.622. The van der Waals surface area contributed by atoms with Crippen LogP contribution in [0.3, 0.4) is 0 Å². The number of pyridine rings is 1. The Balaban J connectivity index is 1.41. The Hall–Kier alpha value is -2.29. The molecule has 1 fully saturated rings. The van der Waals surface area contributed by atoms with Crippen molar-refractivity contribution in [2.24, 2.45) is 7.05 Å². The molecule has 3 heterocycles. The zero-order valence-electron chi connectivity index (χ0n) is 19.0. The average Bonchev–Trinajstić information content (AvgIpc) is 3.01. The number of hydrogen-bond donors (Lipinski definition) is 0. The minimum absolute atomic E-state index is 0.000140. The number of hydrogen-bond acceptors (Lipinski definition) is 5. The van der Waals surface area contributed by atoms with Crippen molar-refractivity contribution >= 4 is 21.1 Å². The average molecular weight is 442 g/mol. The molecule has 0 atom stereocenters. The topological polar surface area (TPSA) is 71.3 Å². The molecule has 1 aliphatic rings. The number of piperazine rings is 1. The third-order valence-electron chi connectivity index (χ3n) is 6.02. The Bertz CT molecular complexity index is 1190. The molecule has 31 heavy (non-hydrogen) atoms. The molecule has 1 aromatic carbocycles. The molecule has 4 rings (SSSR count). The molecule has 2 aromatic heterocycles. The summed E-state index contributed by atoms with van der Waals surface area (Å²) in [6.07, 6.45) is 1.89. The normalized spacial score (nSPS) is 16.8. The maximum Gasteiger partial charge on any atom is 0.243 e. The summed E-state index contributed by atoms with van der Waals surface area (Å²) in [4.78, 5) is 7.20. The highest BCUT2D eigenvalue weighted by Crippen LogP contribution is 2.25. The molecule has 8 heteroatoms. The van der Waals surface area contributed by atoms with Gasteiger partial charge in [-0.1, -0.05) is 32.9 Å². The Morgan fingerprint density at radius 3 is 2.29 bits per heavy atom. The zero-order valence-corrected chi connectivity index (χ0v) is 19.8. The van der Waals surface area contributed by atoms with Crippen LogP contribution in [-0.4, -0.2) is 58.6 Å². The predicted molar refractivity (Wildman–Crippen MR) is 122 cm³/mol. The smallest absolute Gasteiger partial charge is 0.243 e. The van der Waals surface area contributed by atoms with E-state index in [2.05, 4.69) is 41.8 Å². The SMILES string of the molecule is Cc1nn(C)c2ncc(CN3CCN(S(=O)(=O)c4ccc(C(C)(C)C)cc4)CC3)cc12. The second-order valence-electron chi connectivity index (χ2n) is 9.38. The summed E-state index contributed by atoms with van der Waals surface area (Å²) in [6, 6.07) is 9.46. The molecule has 0 N–H and O–H groups in total. The molecule has 3 aromatic rings. The molecule has 0 unspecified atom stereocenters. The van der Waals surface area contributed by atoms with Crippen LogP contribution >= 0.6 is 0 Å². The summed E-state index contributed by atoms with van der Waals surface area (Å²) in [5, 5.41) is 5.50. The predicted octanol–water partition coefficient (Wildman–Crippen LogP) is 3.08. The van der Waals surface area contributed by atoms with Crippen LogP contribution in [0.5, 0.6) is 0 Å². The first kappa shape index (κ1) is 21.9. The monoisotopic (exact) mass is 441 g/mol. The Morgan fingerprint density at radius 1 is 1.03 bits per heavy atom. The van der Waals surface area contributed by atoms with E-state index in [-0.39, 0.29) is 5.41 Å². The van der Waals surface area contributed by atoms with E-state index < -0.39 is 10.0 Å². The van der Waals surface area contributed by atoms with Gasteiger partial charge in [0.25, 0.3) is 0 Å². The van der Waals surface area contributed by atoms with Crippen LogP contribution in [0.25, 0.3) is 11.0 Å². The van der Waals surface area contributed by atoms with Gasteiger partial charge in [-0.15, -0.1) is 0 Å². The van der Waals surface area contributed by atoms with Crippen molar-refractivity contribution in [3.63, 3.8) is 0 Å². The van der Waals surface area contributed by atoms with Crippen molar-refractivity contribution < 1.29 is 8.42 Å². The highest BCUT2D eigenvalue weighted by atomic mass is 32.2. The minimum Gasteiger partial charge on any atom is -0.296 e. The fourth-order valence-electron chi connectivity index (χ4n) is 4.10.